The second kappa shape index (κ2) is 9.76. The first-order valence-electron chi connectivity index (χ1n) is 10.1. The number of benzene rings is 2. The van der Waals surface area contributed by atoms with Crippen molar-refractivity contribution in [1.29, 1.82) is 0 Å². The van der Waals surface area contributed by atoms with Crippen LogP contribution in [0, 0.1) is 0 Å². The minimum atomic E-state index is 0.439. The molecule has 2 aromatic carbocycles. The predicted molar refractivity (Wildman–Crippen MR) is 124 cm³/mol. The molecule has 1 aliphatic rings. The van der Waals surface area contributed by atoms with E-state index >= 15 is 0 Å². The van der Waals surface area contributed by atoms with Crippen LogP contribution in [0.25, 0.3) is 10.9 Å². The molecule has 1 aromatic heterocycles. The van der Waals surface area contributed by atoms with Crippen molar-refractivity contribution >= 4 is 33.9 Å². The Labute approximate surface area is 186 Å². The monoisotopic (exact) mass is 439 g/mol. The van der Waals surface area contributed by atoms with E-state index in [-0.39, 0.29) is 0 Å². The SMILES string of the molecule is COc1cc2ncnc(Oc3ccc(NC(=S)NN4CCCCC4)cc3)c2cc1OC. The lowest BCUT2D eigenvalue weighted by atomic mass is 10.2. The molecule has 0 aliphatic carbocycles. The number of thiocarbonyl (C=S) groups is 1. The number of rotatable bonds is 6. The Morgan fingerprint density at radius 3 is 2.39 bits per heavy atom. The summed E-state index contributed by atoms with van der Waals surface area (Å²) < 4.78 is 16.7. The second-order valence-corrected chi connectivity index (χ2v) is 7.55. The Hall–Kier alpha value is -3.17. The summed E-state index contributed by atoms with van der Waals surface area (Å²) in [4.78, 5) is 8.59. The maximum Gasteiger partial charge on any atom is 0.230 e. The highest BCUT2D eigenvalue weighted by Crippen LogP contribution is 2.35. The molecule has 9 heteroatoms. The van der Waals surface area contributed by atoms with E-state index in [9.17, 15) is 0 Å². The van der Waals surface area contributed by atoms with Crippen molar-refractivity contribution in [3.05, 3.63) is 42.7 Å². The highest BCUT2D eigenvalue weighted by molar-refractivity contribution is 7.80. The molecule has 4 rings (SSSR count). The molecule has 0 amide bonds. The molecule has 1 aliphatic heterocycles. The quantitative estimate of drug-likeness (QED) is 0.551. The van der Waals surface area contributed by atoms with Gasteiger partial charge >= 0.3 is 0 Å². The van der Waals surface area contributed by atoms with Crippen molar-refractivity contribution in [2.24, 2.45) is 0 Å². The van der Waals surface area contributed by atoms with Gasteiger partial charge in [-0.05, 0) is 55.4 Å². The smallest absolute Gasteiger partial charge is 0.230 e. The first-order chi connectivity index (χ1) is 15.2. The summed E-state index contributed by atoms with van der Waals surface area (Å²) in [6.45, 7) is 2.02. The zero-order valence-corrected chi connectivity index (χ0v) is 18.4. The summed E-state index contributed by atoms with van der Waals surface area (Å²) in [6.07, 6.45) is 5.13. The van der Waals surface area contributed by atoms with E-state index < -0.39 is 0 Å². The average Bonchev–Trinajstić information content (AvgIpc) is 2.80. The van der Waals surface area contributed by atoms with Crippen LogP contribution in [-0.2, 0) is 0 Å². The molecule has 162 valence electrons. The minimum absolute atomic E-state index is 0.439. The van der Waals surface area contributed by atoms with E-state index in [4.69, 9.17) is 26.4 Å². The molecule has 0 atom stereocenters. The largest absolute Gasteiger partial charge is 0.493 e. The lowest BCUT2D eigenvalue weighted by molar-refractivity contribution is 0.196. The summed E-state index contributed by atoms with van der Waals surface area (Å²) in [5.41, 5.74) is 4.82. The highest BCUT2D eigenvalue weighted by atomic mass is 32.1. The second-order valence-electron chi connectivity index (χ2n) is 7.14. The van der Waals surface area contributed by atoms with E-state index in [2.05, 4.69) is 25.7 Å². The van der Waals surface area contributed by atoms with Crippen LogP contribution in [0.15, 0.2) is 42.7 Å². The predicted octanol–water partition coefficient (Wildman–Crippen LogP) is 4.13. The number of hydrazine groups is 1. The number of aromatic nitrogens is 2. The molecular formula is C22H25N5O3S. The Bertz CT molecular complexity index is 1050. The lowest BCUT2D eigenvalue weighted by Crippen LogP contribution is -2.46. The summed E-state index contributed by atoms with van der Waals surface area (Å²) >= 11 is 5.42. The molecule has 0 spiro atoms. The first kappa shape index (κ1) is 21.1. The van der Waals surface area contributed by atoms with Crippen LogP contribution in [-0.4, -0.2) is 47.4 Å². The van der Waals surface area contributed by atoms with Crippen LogP contribution in [0.4, 0.5) is 5.69 Å². The van der Waals surface area contributed by atoms with Crippen molar-refractivity contribution in [1.82, 2.24) is 20.4 Å². The summed E-state index contributed by atoms with van der Waals surface area (Å²) in [7, 11) is 3.18. The van der Waals surface area contributed by atoms with Crippen molar-refractivity contribution in [2.45, 2.75) is 19.3 Å². The van der Waals surface area contributed by atoms with Crippen LogP contribution in [0.3, 0.4) is 0 Å². The van der Waals surface area contributed by atoms with Crippen LogP contribution in [0.2, 0.25) is 0 Å². The van der Waals surface area contributed by atoms with Crippen molar-refractivity contribution in [3.8, 4) is 23.1 Å². The number of hydrogen-bond acceptors (Lipinski definition) is 7. The normalized spacial score (nSPS) is 14.1. The first-order valence-corrected chi connectivity index (χ1v) is 10.5. The number of methoxy groups -OCH3 is 2. The van der Waals surface area contributed by atoms with Crippen LogP contribution in [0.1, 0.15) is 19.3 Å². The van der Waals surface area contributed by atoms with Crippen LogP contribution >= 0.6 is 12.2 Å². The van der Waals surface area contributed by atoms with E-state index in [0.717, 1.165) is 24.2 Å². The van der Waals surface area contributed by atoms with Gasteiger partial charge in [0.25, 0.3) is 0 Å². The van der Waals surface area contributed by atoms with Gasteiger partial charge in [-0.2, -0.15) is 0 Å². The summed E-state index contributed by atoms with van der Waals surface area (Å²) in [5, 5.41) is 6.67. The molecule has 0 radical (unpaired) electrons. The van der Waals surface area contributed by atoms with Gasteiger partial charge in [-0.15, -0.1) is 0 Å². The third kappa shape index (κ3) is 5.12. The van der Waals surface area contributed by atoms with Gasteiger partial charge in [-0.1, -0.05) is 6.42 Å². The van der Waals surface area contributed by atoms with Gasteiger partial charge in [0, 0.05) is 24.8 Å². The van der Waals surface area contributed by atoms with Gasteiger partial charge < -0.3 is 19.5 Å². The van der Waals surface area contributed by atoms with Gasteiger partial charge in [-0.3, -0.25) is 5.43 Å². The molecule has 8 nitrogen and oxygen atoms in total. The number of nitrogens with one attached hydrogen (secondary N) is 2. The molecule has 2 N–H and O–H groups in total. The molecule has 31 heavy (non-hydrogen) atoms. The highest BCUT2D eigenvalue weighted by Gasteiger charge is 2.13. The molecule has 3 aromatic rings. The molecule has 0 saturated carbocycles. The third-order valence-electron chi connectivity index (χ3n) is 5.05. The molecule has 1 saturated heterocycles. The Morgan fingerprint density at radius 1 is 0.968 bits per heavy atom. The maximum atomic E-state index is 6.01. The van der Waals surface area contributed by atoms with E-state index in [1.165, 1.54) is 25.6 Å². The van der Waals surface area contributed by atoms with Gasteiger partial charge in [0.15, 0.2) is 16.6 Å². The number of anilines is 1. The molecule has 0 unspecified atom stereocenters. The number of ether oxygens (including phenoxy) is 3. The van der Waals surface area contributed by atoms with Crippen molar-refractivity contribution in [3.63, 3.8) is 0 Å². The zero-order valence-electron chi connectivity index (χ0n) is 17.6. The Kier molecular flexibility index (Phi) is 6.63. The lowest BCUT2D eigenvalue weighted by Gasteiger charge is -2.28. The fourth-order valence-corrected chi connectivity index (χ4v) is 3.71. The summed E-state index contributed by atoms with van der Waals surface area (Å²) in [5.74, 6) is 2.28. The fraction of sp³-hybridized carbons (Fsp3) is 0.318. The Balaban J connectivity index is 1.45. The number of fused-ring (bicyclic) bond motifs is 1. The Morgan fingerprint density at radius 2 is 1.68 bits per heavy atom. The van der Waals surface area contributed by atoms with E-state index in [1.807, 2.05) is 30.3 Å². The van der Waals surface area contributed by atoms with Crippen molar-refractivity contribution < 1.29 is 14.2 Å². The van der Waals surface area contributed by atoms with E-state index in [1.54, 1.807) is 20.3 Å². The number of piperidine rings is 1. The zero-order chi connectivity index (χ0) is 21.6. The van der Waals surface area contributed by atoms with Crippen molar-refractivity contribution in [2.75, 3.05) is 32.6 Å². The molecule has 2 heterocycles. The van der Waals surface area contributed by atoms with Crippen LogP contribution in [0.5, 0.6) is 23.1 Å². The number of nitrogens with zero attached hydrogens (tertiary/aromatic N) is 3. The van der Waals surface area contributed by atoms with Gasteiger partial charge in [0.05, 0.1) is 25.1 Å². The van der Waals surface area contributed by atoms with Gasteiger partial charge in [0.1, 0.15) is 12.1 Å². The summed E-state index contributed by atoms with van der Waals surface area (Å²) in [6, 6.07) is 11.1. The van der Waals surface area contributed by atoms with E-state index in [0.29, 0.717) is 33.8 Å². The number of hydrogen-bond donors (Lipinski definition) is 2. The molecular weight excluding hydrogens is 414 g/mol. The average molecular weight is 440 g/mol. The standard InChI is InChI=1S/C22H25N5O3S/c1-28-19-12-17-18(13-20(19)29-2)23-14-24-21(17)30-16-8-6-15(7-9-16)25-22(31)26-27-10-4-3-5-11-27/h6-9,12-14H,3-5,10-11H2,1-2H3,(H2,25,26,31). The third-order valence-corrected chi connectivity index (χ3v) is 5.24. The van der Waals surface area contributed by atoms with Gasteiger partial charge in [-0.25, -0.2) is 15.0 Å². The van der Waals surface area contributed by atoms with Gasteiger partial charge in [0.2, 0.25) is 5.88 Å². The maximum absolute atomic E-state index is 6.01. The minimum Gasteiger partial charge on any atom is -0.493 e. The fourth-order valence-electron chi connectivity index (χ4n) is 3.47. The topological polar surface area (TPSA) is 80.8 Å². The molecule has 0 bridgehead atoms. The van der Waals surface area contributed by atoms with Crippen LogP contribution < -0.4 is 25.0 Å². The molecule has 1 fully saturated rings.